The summed E-state index contributed by atoms with van der Waals surface area (Å²) >= 11 is 3.43. The molecule has 0 aromatic heterocycles. The number of ether oxygens (including phenoxy) is 1. The quantitative estimate of drug-likeness (QED) is 0.567. The molecule has 76 valence electrons. The van der Waals surface area contributed by atoms with E-state index in [1.54, 1.807) is 0 Å². The summed E-state index contributed by atoms with van der Waals surface area (Å²) in [5.41, 5.74) is 0. The van der Waals surface area contributed by atoms with Gasteiger partial charge in [-0.1, -0.05) is 35.2 Å². The molecule has 0 N–H and O–H groups in total. The van der Waals surface area contributed by atoms with E-state index in [9.17, 15) is 4.79 Å². The minimum atomic E-state index is -0.0885. The Kier molecular flexibility index (Phi) is 4.78. The lowest BCUT2D eigenvalue weighted by Gasteiger charge is -2.24. The van der Waals surface area contributed by atoms with Crippen LogP contribution in [0.5, 0.6) is 0 Å². The molecule has 0 spiro atoms. The molecule has 1 aliphatic rings. The fourth-order valence-electron chi connectivity index (χ4n) is 1.84. The Morgan fingerprint density at radius 3 is 2.62 bits per heavy atom. The van der Waals surface area contributed by atoms with E-state index in [0.29, 0.717) is 12.5 Å². The van der Waals surface area contributed by atoms with Gasteiger partial charge in [-0.25, -0.2) is 0 Å². The fraction of sp³-hybridized carbons (Fsp3) is 0.900. The Hall–Kier alpha value is -0.0500. The Morgan fingerprint density at radius 1 is 1.46 bits per heavy atom. The molecule has 0 aliphatic heterocycles. The molecule has 3 heteroatoms. The molecule has 1 atom stereocenters. The SMILES string of the molecule is CCOC(=O)[C@@H](Br)C1CCCCC1. The summed E-state index contributed by atoms with van der Waals surface area (Å²) in [5, 5.41) is 0. The number of carbonyl (C=O) groups excluding carboxylic acids is 1. The lowest BCUT2D eigenvalue weighted by Crippen LogP contribution is -2.27. The number of hydrogen-bond donors (Lipinski definition) is 0. The summed E-state index contributed by atoms with van der Waals surface area (Å²) in [6, 6.07) is 0. The van der Waals surface area contributed by atoms with Gasteiger partial charge in [0.2, 0.25) is 0 Å². The average molecular weight is 249 g/mol. The van der Waals surface area contributed by atoms with Gasteiger partial charge in [0.25, 0.3) is 0 Å². The van der Waals surface area contributed by atoms with E-state index in [0.717, 1.165) is 12.8 Å². The van der Waals surface area contributed by atoms with Gasteiger partial charge in [0.1, 0.15) is 4.83 Å². The minimum absolute atomic E-state index is 0.0762. The van der Waals surface area contributed by atoms with Crippen LogP contribution < -0.4 is 0 Å². The van der Waals surface area contributed by atoms with Crippen molar-refractivity contribution in [3.05, 3.63) is 0 Å². The minimum Gasteiger partial charge on any atom is -0.465 e. The second kappa shape index (κ2) is 5.63. The zero-order chi connectivity index (χ0) is 9.68. The van der Waals surface area contributed by atoms with E-state index >= 15 is 0 Å². The smallest absolute Gasteiger partial charge is 0.319 e. The molecule has 0 unspecified atom stereocenters. The lowest BCUT2D eigenvalue weighted by atomic mass is 9.87. The topological polar surface area (TPSA) is 26.3 Å². The third-order valence-corrected chi connectivity index (χ3v) is 3.70. The molecule has 13 heavy (non-hydrogen) atoms. The first-order valence-corrected chi connectivity index (χ1v) is 5.98. The largest absolute Gasteiger partial charge is 0.465 e. The van der Waals surface area contributed by atoms with E-state index in [1.807, 2.05) is 6.92 Å². The van der Waals surface area contributed by atoms with Crippen LogP contribution in [0.3, 0.4) is 0 Å². The maximum atomic E-state index is 11.4. The van der Waals surface area contributed by atoms with Gasteiger partial charge in [0.15, 0.2) is 0 Å². The maximum Gasteiger partial charge on any atom is 0.319 e. The van der Waals surface area contributed by atoms with Crippen molar-refractivity contribution >= 4 is 21.9 Å². The van der Waals surface area contributed by atoms with Gasteiger partial charge < -0.3 is 4.74 Å². The molecule has 0 heterocycles. The molecular weight excluding hydrogens is 232 g/mol. The van der Waals surface area contributed by atoms with Crippen molar-refractivity contribution in [3.8, 4) is 0 Å². The lowest BCUT2D eigenvalue weighted by molar-refractivity contribution is -0.143. The first-order valence-electron chi connectivity index (χ1n) is 5.06. The highest BCUT2D eigenvalue weighted by atomic mass is 79.9. The van der Waals surface area contributed by atoms with Crippen LogP contribution in [0.25, 0.3) is 0 Å². The van der Waals surface area contributed by atoms with Crippen LogP contribution in [0.2, 0.25) is 0 Å². The van der Waals surface area contributed by atoms with Crippen molar-refractivity contribution in [1.82, 2.24) is 0 Å². The Bertz CT molecular complexity index is 164. The molecule has 0 radical (unpaired) electrons. The van der Waals surface area contributed by atoms with Gasteiger partial charge in [-0.15, -0.1) is 0 Å². The predicted octanol–water partition coefficient (Wildman–Crippen LogP) is 2.89. The Morgan fingerprint density at radius 2 is 2.08 bits per heavy atom. The van der Waals surface area contributed by atoms with Crippen LogP contribution in [0, 0.1) is 5.92 Å². The van der Waals surface area contributed by atoms with Crippen LogP contribution in [-0.2, 0) is 9.53 Å². The highest BCUT2D eigenvalue weighted by molar-refractivity contribution is 9.10. The third kappa shape index (κ3) is 3.29. The normalized spacial score (nSPS) is 21.1. The fourth-order valence-corrected chi connectivity index (χ4v) is 2.50. The summed E-state index contributed by atoms with van der Waals surface area (Å²) in [6.07, 6.45) is 6.15. The molecule has 1 fully saturated rings. The number of rotatable bonds is 3. The molecular formula is C10H17BrO2. The number of alkyl halides is 1. The molecule has 1 saturated carbocycles. The van der Waals surface area contributed by atoms with Crippen molar-refractivity contribution in [2.24, 2.45) is 5.92 Å². The van der Waals surface area contributed by atoms with Crippen molar-refractivity contribution in [2.45, 2.75) is 43.9 Å². The molecule has 0 bridgehead atoms. The van der Waals surface area contributed by atoms with Crippen LogP contribution in [-0.4, -0.2) is 17.4 Å². The number of carbonyl (C=O) groups is 1. The molecule has 2 nitrogen and oxygen atoms in total. The van der Waals surface area contributed by atoms with Crippen molar-refractivity contribution < 1.29 is 9.53 Å². The van der Waals surface area contributed by atoms with Gasteiger partial charge in [0.05, 0.1) is 6.61 Å². The van der Waals surface area contributed by atoms with Crippen molar-refractivity contribution in [1.29, 1.82) is 0 Å². The van der Waals surface area contributed by atoms with Gasteiger partial charge in [0, 0.05) is 0 Å². The summed E-state index contributed by atoms with van der Waals surface area (Å²) in [5.74, 6) is 0.405. The number of esters is 1. The molecule has 0 saturated heterocycles. The van der Waals surface area contributed by atoms with Gasteiger partial charge in [-0.2, -0.15) is 0 Å². The standard InChI is InChI=1S/C10H17BrO2/c1-2-13-10(12)9(11)8-6-4-3-5-7-8/h8-9H,2-7H2,1H3/t9-/m0/s1. The van der Waals surface area contributed by atoms with Gasteiger partial charge in [-0.05, 0) is 25.7 Å². The first kappa shape index (κ1) is 11.0. The molecule has 0 amide bonds. The second-order valence-corrected chi connectivity index (χ2v) is 4.54. The zero-order valence-corrected chi connectivity index (χ0v) is 9.68. The maximum absolute atomic E-state index is 11.4. The number of halogens is 1. The van der Waals surface area contributed by atoms with Crippen LogP contribution in [0.4, 0.5) is 0 Å². The van der Waals surface area contributed by atoms with Gasteiger partial charge in [-0.3, -0.25) is 4.79 Å². The van der Waals surface area contributed by atoms with Crippen LogP contribution in [0.15, 0.2) is 0 Å². The molecule has 0 aromatic carbocycles. The second-order valence-electron chi connectivity index (χ2n) is 3.55. The summed E-state index contributed by atoms with van der Waals surface area (Å²) in [6.45, 7) is 2.33. The Labute approximate surface area is 88.2 Å². The highest BCUT2D eigenvalue weighted by Crippen LogP contribution is 2.30. The highest BCUT2D eigenvalue weighted by Gasteiger charge is 2.27. The van der Waals surface area contributed by atoms with E-state index in [2.05, 4.69) is 15.9 Å². The van der Waals surface area contributed by atoms with E-state index in [4.69, 9.17) is 4.74 Å². The summed E-state index contributed by atoms with van der Waals surface area (Å²) in [7, 11) is 0. The average Bonchev–Trinajstić information content (AvgIpc) is 2.18. The van der Waals surface area contributed by atoms with E-state index < -0.39 is 0 Å². The number of hydrogen-bond acceptors (Lipinski definition) is 2. The van der Waals surface area contributed by atoms with E-state index in [1.165, 1.54) is 19.3 Å². The van der Waals surface area contributed by atoms with Gasteiger partial charge >= 0.3 is 5.97 Å². The van der Waals surface area contributed by atoms with Crippen molar-refractivity contribution in [2.75, 3.05) is 6.61 Å². The monoisotopic (exact) mass is 248 g/mol. The predicted molar refractivity (Wildman–Crippen MR) is 55.9 cm³/mol. The first-order chi connectivity index (χ1) is 6.25. The van der Waals surface area contributed by atoms with Crippen molar-refractivity contribution in [3.63, 3.8) is 0 Å². The molecule has 1 aliphatic carbocycles. The van der Waals surface area contributed by atoms with Crippen LogP contribution in [0.1, 0.15) is 39.0 Å². The zero-order valence-electron chi connectivity index (χ0n) is 8.09. The Balaban J connectivity index is 2.35. The summed E-state index contributed by atoms with van der Waals surface area (Å²) < 4.78 is 4.97. The molecule has 1 rings (SSSR count). The summed E-state index contributed by atoms with van der Waals surface area (Å²) in [4.78, 5) is 11.3. The third-order valence-electron chi connectivity index (χ3n) is 2.58. The molecule has 0 aromatic rings. The van der Waals surface area contributed by atoms with E-state index in [-0.39, 0.29) is 10.8 Å². The van der Waals surface area contributed by atoms with Crippen LogP contribution >= 0.6 is 15.9 Å².